The van der Waals surface area contributed by atoms with Crippen LogP contribution in [0.1, 0.15) is 11.1 Å². The quantitative estimate of drug-likeness (QED) is 0.582. The predicted molar refractivity (Wildman–Crippen MR) is 107 cm³/mol. The van der Waals surface area contributed by atoms with Crippen molar-refractivity contribution in [3.05, 3.63) is 62.2 Å². The number of rotatable bonds is 5. The molecule has 1 aliphatic heterocycles. The highest BCUT2D eigenvalue weighted by molar-refractivity contribution is 8.18. The number of halogens is 3. The van der Waals surface area contributed by atoms with E-state index < -0.39 is 17.0 Å². The zero-order valence-electron chi connectivity index (χ0n) is 14.8. The molecule has 28 heavy (non-hydrogen) atoms. The molecule has 0 unspecified atom stereocenters. The van der Waals surface area contributed by atoms with Crippen LogP contribution in [0.25, 0.3) is 6.08 Å². The summed E-state index contributed by atoms with van der Waals surface area (Å²) < 4.78 is 23.6. The summed E-state index contributed by atoms with van der Waals surface area (Å²) in [5.41, 5.74) is 0.973. The van der Waals surface area contributed by atoms with Gasteiger partial charge < -0.3 is 9.47 Å². The molecule has 9 heteroatoms. The van der Waals surface area contributed by atoms with Crippen molar-refractivity contribution in [1.29, 1.82) is 0 Å². The maximum atomic E-state index is 13.2. The van der Waals surface area contributed by atoms with Gasteiger partial charge in [-0.15, -0.1) is 0 Å². The number of benzene rings is 2. The third-order valence-electron chi connectivity index (χ3n) is 4.01. The molecule has 0 aromatic heterocycles. The fourth-order valence-electron chi connectivity index (χ4n) is 2.58. The summed E-state index contributed by atoms with van der Waals surface area (Å²) >= 11 is 13.0. The van der Waals surface area contributed by atoms with Crippen molar-refractivity contribution in [2.24, 2.45) is 0 Å². The number of methoxy groups -OCH3 is 2. The highest BCUT2D eigenvalue weighted by Crippen LogP contribution is 2.38. The van der Waals surface area contributed by atoms with Crippen LogP contribution in [0.5, 0.6) is 11.5 Å². The maximum absolute atomic E-state index is 13.2. The third kappa shape index (κ3) is 4.11. The Labute approximate surface area is 175 Å². The second kappa shape index (κ2) is 8.43. The Hall–Kier alpha value is -2.22. The van der Waals surface area contributed by atoms with Crippen molar-refractivity contribution in [3.8, 4) is 11.5 Å². The molecule has 0 atom stereocenters. The molecule has 0 saturated carbocycles. The molecule has 2 aromatic rings. The van der Waals surface area contributed by atoms with Gasteiger partial charge in [0, 0.05) is 11.1 Å². The van der Waals surface area contributed by atoms with E-state index in [1.165, 1.54) is 32.4 Å². The zero-order chi connectivity index (χ0) is 20.4. The number of ether oxygens (including phenoxy) is 2. The molecule has 0 bridgehead atoms. The number of hydrogen-bond acceptors (Lipinski definition) is 5. The summed E-state index contributed by atoms with van der Waals surface area (Å²) in [5, 5.41) is 0.0326. The van der Waals surface area contributed by atoms with Crippen molar-refractivity contribution >= 4 is 52.2 Å². The standard InChI is InChI=1S/C19H14Cl2FNO4S/c1-26-15-5-11(14(21)8-16(15)27-2)6-17-18(24)23(19(25)28-17)9-10-3-4-12(22)7-13(10)20/h3-8H,9H2,1-2H3/b17-6-. The number of hydrogen-bond donors (Lipinski definition) is 0. The Morgan fingerprint density at radius 2 is 1.75 bits per heavy atom. The molecule has 0 spiro atoms. The van der Waals surface area contributed by atoms with Gasteiger partial charge in [0.2, 0.25) is 0 Å². The molecular formula is C19H14Cl2FNO4S. The average molecular weight is 442 g/mol. The van der Waals surface area contributed by atoms with Gasteiger partial charge in [-0.1, -0.05) is 29.3 Å². The lowest BCUT2D eigenvalue weighted by Crippen LogP contribution is -2.27. The first-order chi connectivity index (χ1) is 13.3. The molecule has 146 valence electrons. The maximum Gasteiger partial charge on any atom is 0.293 e. The molecule has 2 amide bonds. The lowest BCUT2D eigenvalue weighted by Gasteiger charge is -2.13. The summed E-state index contributed by atoms with van der Waals surface area (Å²) in [6.45, 7) is -0.0548. The molecule has 2 aromatic carbocycles. The number of carbonyl (C=O) groups is 2. The largest absolute Gasteiger partial charge is 0.493 e. The fourth-order valence-corrected chi connectivity index (χ4v) is 3.84. The first kappa shape index (κ1) is 20.5. The predicted octanol–water partition coefficient (Wildman–Crippen LogP) is 5.39. The van der Waals surface area contributed by atoms with Gasteiger partial charge in [-0.05, 0) is 47.2 Å². The number of amides is 2. The second-order valence-corrected chi connectivity index (χ2v) is 7.54. The van der Waals surface area contributed by atoms with Crippen molar-refractivity contribution in [1.82, 2.24) is 4.90 Å². The summed E-state index contributed by atoms with van der Waals surface area (Å²) in [6, 6.07) is 6.98. The van der Waals surface area contributed by atoms with E-state index >= 15 is 0 Å². The van der Waals surface area contributed by atoms with Gasteiger partial charge in [-0.3, -0.25) is 14.5 Å². The van der Waals surface area contributed by atoms with E-state index in [2.05, 4.69) is 0 Å². The van der Waals surface area contributed by atoms with Crippen LogP contribution in [-0.4, -0.2) is 30.3 Å². The zero-order valence-corrected chi connectivity index (χ0v) is 17.1. The monoisotopic (exact) mass is 441 g/mol. The second-order valence-electron chi connectivity index (χ2n) is 5.73. The van der Waals surface area contributed by atoms with Crippen LogP contribution in [0.15, 0.2) is 35.2 Å². The SMILES string of the molecule is COc1cc(Cl)c(/C=C2\SC(=O)N(Cc3ccc(F)cc3Cl)C2=O)cc1OC. The van der Waals surface area contributed by atoms with Crippen LogP contribution in [0.4, 0.5) is 9.18 Å². The molecule has 0 aliphatic carbocycles. The molecule has 1 heterocycles. The van der Waals surface area contributed by atoms with E-state index in [1.807, 2.05) is 0 Å². The van der Waals surface area contributed by atoms with E-state index in [0.717, 1.165) is 22.7 Å². The molecule has 1 fully saturated rings. The molecule has 1 saturated heterocycles. The van der Waals surface area contributed by atoms with Gasteiger partial charge in [0.05, 0.1) is 30.7 Å². The summed E-state index contributed by atoms with van der Waals surface area (Å²) in [7, 11) is 2.97. The average Bonchev–Trinajstić information content (AvgIpc) is 2.92. The van der Waals surface area contributed by atoms with Crippen LogP contribution < -0.4 is 9.47 Å². The van der Waals surface area contributed by atoms with Crippen LogP contribution >= 0.6 is 35.0 Å². The fraction of sp³-hybridized carbons (Fsp3) is 0.158. The van der Waals surface area contributed by atoms with E-state index in [-0.39, 0.29) is 16.5 Å². The molecule has 0 N–H and O–H groups in total. The normalized spacial score (nSPS) is 15.5. The lowest BCUT2D eigenvalue weighted by atomic mass is 10.1. The minimum Gasteiger partial charge on any atom is -0.493 e. The van der Waals surface area contributed by atoms with Crippen molar-refractivity contribution in [3.63, 3.8) is 0 Å². The first-order valence-corrected chi connectivity index (χ1v) is 9.52. The molecule has 0 radical (unpaired) electrons. The highest BCUT2D eigenvalue weighted by atomic mass is 35.5. The Morgan fingerprint density at radius 1 is 1.07 bits per heavy atom. The summed E-state index contributed by atoms with van der Waals surface area (Å²) in [4.78, 5) is 26.3. The molecule has 3 rings (SSSR count). The van der Waals surface area contributed by atoms with E-state index in [9.17, 15) is 14.0 Å². The minimum absolute atomic E-state index is 0.0548. The Balaban J connectivity index is 1.89. The van der Waals surface area contributed by atoms with Crippen LogP contribution in [0.2, 0.25) is 10.0 Å². The Kier molecular flexibility index (Phi) is 6.17. The Morgan fingerprint density at radius 3 is 2.39 bits per heavy atom. The van der Waals surface area contributed by atoms with Gasteiger partial charge in [0.1, 0.15) is 5.82 Å². The Bertz CT molecular complexity index is 996. The van der Waals surface area contributed by atoms with Gasteiger partial charge in [0.25, 0.3) is 11.1 Å². The molecule has 5 nitrogen and oxygen atoms in total. The number of carbonyl (C=O) groups excluding carboxylic acids is 2. The van der Waals surface area contributed by atoms with Crippen molar-refractivity contribution in [2.75, 3.05) is 14.2 Å². The highest BCUT2D eigenvalue weighted by Gasteiger charge is 2.35. The van der Waals surface area contributed by atoms with Crippen molar-refractivity contribution in [2.45, 2.75) is 6.54 Å². The van der Waals surface area contributed by atoms with Crippen molar-refractivity contribution < 1.29 is 23.5 Å². The lowest BCUT2D eigenvalue weighted by molar-refractivity contribution is -0.123. The number of thioether (sulfide) groups is 1. The van der Waals surface area contributed by atoms with E-state index in [1.54, 1.807) is 12.1 Å². The van der Waals surface area contributed by atoms with Gasteiger partial charge in [0.15, 0.2) is 11.5 Å². The van der Waals surface area contributed by atoms with Crippen LogP contribution in [0, 0.1) is 5.82 Å². The van der Waals surface area contributed by atoms with Gasteiger partial charge in [-0.2, -0.15) is 0 Å². The van der Waals surface area contributed by atoms with Gasteiger partial charge >= 0.3 is 0 Å². The first-order valence-electron chi connectivity index (χ1n) is 7.95. The summed E-state index contributed by atoms with van der Waals surface area (Å²) in [5.74, 6) is -0.0914. The number of nitrogens with zero attached hydrogens (tertiary/aromatic N) is 1. The minimum atomic E-state index is -0.495. The smallest absolute Gasteiger partial charge is 0.293 e. The van der Waals surface area contributed by atoms with E-state index in [4.69, 9.17) is 32.7 Å². The number of imide groups is 1. The van der Waals surface area contributed by atoms with Crippen LogP contribution in [0.3, 0.4) is 0 Å². The molecule has 1 aliphatic rings. The topological polar surface area (TPSA) is 55.8 Å². The van der Waals surface area contributed by atoms with Crippen LogP contribution in [-0.2, 0) is 11.3 Å². The molecular weight excluding hydrogens is 428 g/mol. The van der Waals surface area contributed by atoms with E-state index in [0.29, 0.717) is 27.6 Å². The third-order valence-corrected chi connectivity index (χ3v) is 5.59. The summed E-state index contributed by atoms with van der Waals surface area (Å²) in [6.07, 6.45) is 1.52. The van der Waals surface area contributed by atoms with Gasteiger partial charge in [-0.25, -0.2) is 4.39 Å².